The zero-order chi connectivity index (χ0) is 20.9. The zero-order valence-corrected chi connectivity index (χ0v) is 16.3. The van der Waals surface area contributed by atoms with Gasteiger partial charge < -0.3 is 19.3 Å². The van der Waals surface area contributed by atoms with Crippen LogP contribution in [0.3, 0.4) is 0 Å². The molecular weight excluding hydrogens is 392 g/mol. The summed E-state index contributed by atoms with van der Waals surface area (Å²) in [7, 11) is -1.48. The smallest absolute Gasteiger partial charge is 0.271 e. The number of non-ortho nitro benzene ring substituents is 1. The first-order chi connectivity index (χ1) is 13.2. The second-order valence-electron chi connectivity index (χ2n) is 5.67. The minimum atomic E-state index is -4.33. The molecule has 0 aliphatic heterocycles. The van der Waals surface area contributed by atoms with E-state index in [2.05, 4.69) is 4.72 Å². The largest absolute Gasteiger partial charge is 0.506 e. The molecule has 28 heavy (non-hydrogen) atoms. The fraction of sp³-hybridized carbons (Fsp3) is 0.294. The number of nitro groups is 1. The normalized spacial score (nSPS) is 11.1. The Morgan fingerprint density at radius 2 is 1.86 bits per heavy atom. The van der Waals surface area contributed by atoms with E-state index in [1.807, 2.05) is 0 Å². The van der Waals surface area contributed by atoms with Crippen molar-refractivity contribution in [3.05, 3.63) is 46.0 Å². The van der Waals surface area contributed by atoms with Gasteiger partial charge in [-0.15, -0.1) is 0 Å². The van der Waals surface area contributed by atoms with Crippen LogP contribution in [-0.4, -0.2) is 45.9 Å². The lowest BCUT2D eigenvalue weighted by Crippen LogP contribution is -2.16. The summed E-state index contributed by atoms with van der Waals surface area (Å²) in [5.41, 5.74) is 0.0313. The number of nitrogens with zero attached hydrogens (tertiary/aromatic N) is 1. The van der Waals surface area contributed by atoms with Crippen molar-refractivity contribution in [3.8, 4) is 17.2 Å². The van der Waals surface area contributed by atoms with Crippen LogP contribution in [0.15, 0.2) is 35.2 Å². The zero-order valence-electron chi connectivity index (χ0n) is 15.5. The van der Waals surface area contributed by atoms with Gasteiger partial charge in [-0.25, -0.2) is 8.42 Å². The third kappa shape index (κ3) is 4.81. The molecule has 2 aromatic carbocycles. The van der Waals surface area contributed by atoms with E-state index in [0.29, 0.717) is 11.3 Å². The Balaban J connectivity index is 2.48. The highest BCUT2D eigenvalue weighted by Crippen LogP contribution is 2.35. The number of nitro benzene ring substituents is 1. The Morgan fingerprint density at radius 1 is 1.14 bits per heavy atom. The number of hydrogen-bond acceptors (Lipinski definition) is 8. The summed E-state index contributed by atoms with van der Waals surface area (Å²) in [5.74, 6) is -0.0611. The van der Waals surface area contributed by atoms with Crippen molar-refractivity contribution in [2.24, 2.45) is 0 Å². The van der Waals surface area contributed by atoms with Gasteiger partial charge >= 0.3 is 0 Å². The SMILES string of the molecule is COCCOc1ccc([N+](=O)[O-])cc1S(=O)(=O)Nc1cc(OC)c(C)cc1O. The molecule has 0 unspecified atom stereocenters. The number of rotatable bonds is 9. The van der Waals surface area contributed by atoms with Crippen LogP contribution < -0.4 is 14.2 Å². The van der Waals surface area contributed by atoms with Crippen LogP contribution in [0.1, 0.15) is 5.56 Å². The predicted octanol–water partition coefficient (Wildman–Crippen LogP) is 2.44. The van der Waals surface area contributed by atoms with Crippen molar-refractivity contribution in [1.29, 1.82) is 0 Å². The summed E-state index contributed by atoms with van der Waals surface area (Å²) < 4.78 is 43.3. The van der Waals surface area contributed by atoms with E-state index < -0.39 is 25.5 Å². The van der Waals surface area contributed by atoms with Crippen molar-refractivity contribution in [3.63, 3.8) is 0 Å². The second-order valence-corrected chi connectivity index (χ2v) is 7.32. The molecule has 2 rings (SSSR count). The number of aromatic hydroxyl groups is 1. The van der Waals surface area contributed by atoms with Crippen LogP contribution in [0.4, 0.5) is 11.4 Å². The van der Waals surface area contributed by atoms with E-state index in [1.54, 1.807) is 6.92 Å². The highest BCUT2D eigenvalue weighted by atomic mass is 32.2. The van der Waals surface area contributed by atoms with E-state index in [1.165, 1.54) is 32.4 Å². The Bertz CT molecular complexity index is 975. The molecule has 10 nitrogen and oxygen atoms in total. The van der Waals surface area contributed by atoms with Gasteiger partial charge in [0.15, 0.2) is 0 Å². The molecule has 0 aromatic heterocycles. The number of ether oxygens (including phenoxy) is 3. The quantitative estimate of drug-likeness (QED) is 0.277. The molecule has 0 atom stereocenters. The van der Waals surface area contributed by atoms with Gasteiger partial charge in [0, 0.05) is 25.3 Å². The molecule has 0 radical (unpaired) electrons. The molecule has 0 spiro atoms. The average molecular weight is 412 g/mol. The molecule has 0 aliphatic carbocycles. The van der Waals surface area contributed by atoms with Crippen molar-refractivity contribution in [2.75, 3.05) is 32.2 Å². The minimum absolute atomic E-state index is 0.0421. The lowest BCUT2D eigenvalue weighted by atomic mass is 10.2. The monoisotopic (exact) mass is 412 g/mol. The molecule has 11 heteroatoms. The first-order valence-corrected chi connectivity index (χ1v) is 9.48. The summed E-state index contributed by atoms with van der Waals surface area (Å²) in [6.45, 7) is 1.92. The number of hydrogen-bond donors (Lipinski definition) is 2. The maximum absolute atomic E-state index is 12.9. The number of benzene rings is 2. The van der Waals surface area contributed by atoms with E-state index in [4.69, 9.17) is 14.2 Å². The van der Waals surface area contributed by atoms with Crippen LogP contribution in [0, 0.1) is 17.0 Å². The van der Waals surface area contributed by atoms with Crippen molar-refractivity contribution in [2.45, 2.75) is 11.8 Å². The number of phenolic OH excluding ortho intramolecular Hbond substituents is 1. The Morgan fingerprint density at radius 3 is 2.46 bits per heavy atom. The fourth-order valence-corrected chi connectivity index (χ4v) is 3.58. The van der Waals surface area contributed by atoms with Crippen LogP contribution in [-0.2, 0) is 14.8 Å². The summed E-state index contributed by atoms with van der Waals surface area (Å²) in [6, 6.07) is 5.85. The average Bonchev–Trinajstić information content (AvgIpc) is 2.64. The minimum Gasteiger partial charge on any atom is -0.506 e. The molecule has 0 aliphatic rings. The third-order valence-corrected chi connectivity index (χ3v) is 5.12. The van der Waals surface area contributed by atoms with E-state index in [9.17, 15) is 23.6 Å². The van der Waals surface area contributed by atoms with Crippen molar-refractivity contribution >= 4 is 21.4 Å². The van der Waals surface area contributed by atoms with E-state index in [0.717, 1.165) is 12.1 Å². The summed E-state index contributed by atoms with van der Waals surface area (Å²) in [6.07, 6.45) is 0. The van der Waals surface area contributed by atoms with Gasteiger partial charge in [0.25, 0.3) is 15.7 Å². The van der Waals surface area contributed by atoms with Gasteiger partial charge in [-0.05, 0) is 24.6 Å². The van der Waals surface area contributed by atoms with Gasteiger partial charge in [-0.3, -0.25) is 14.8 Å². The Kier molecular flexibility index (Phi) is 6.65. The van der Waals surface area contributed by atoms with Crippen LogP contribution in [0.25, 0.3) is 0 Å². The molecule has 0 fully saturated rings. The van der Waals surface area contributed by atoms with Gasteiger partial charge in [-0.2, -0.15) is 0 Å². The van der Waals surface area contributed by atoms with Crippen LogP contribution in [0.5, 0.6) is 17.2 Å². The van der Waals surface area contributed by atoms with E-state index in [-0.39, 0.29) is 30.4 Å². The second kappa shape index (κ2) is 8.76. The summed E-state index contributed by atoms with van der Waals surface area (Å²) in [5, 5.41) is 21.1. The number of phenols is 1. The number of aryl methyl sites for hydroxylation is 1. The standard InChI is InChI=1S/C17H20N2O8S/c1-11-8-14(20)13(10-16(11)26-3)18-28(23,24)17-9-12(19(21)22)4-5-15(17)27-7-6-25-2/h4-5,8-10,18,20H,6-7H2,1-3H3. The lowest BCUT2D eigenvalue weighted by molar-refractivity contribution is -0.385. The molecule has 0 saturated carbocycles. The Hall–Kier alpha value is -3.05. The van der Waals surface area contributed by atoms with Crippen molar-refractivity contribution in [1.82, 2.24) is 0 Å². The first kappa shape index (κ1) is 21.3. The van der Waals surface area contributed by atoms with Gasteiger partial charge in [0.2, 0.25) is 0 Å². The molecule has 2 N–H and O–H groups in total. The van der Waals surface area contributed by atoms with Crippen molar-refractivity contribution < 1.29 is 32.7 Å². The maximum Gasteiger partial charge on any atom is 0.271 e. The van der Waals surface area contributed by atoms with E-state index >= 15 is 0 Å². The molecule has 152 valence electrons. The molecule has 0 amide bonds. The predicted molar refractivity (Wildman–Crippen MR) is 101 cm³/mol. The first-order valence-electron chi connectivity index (χ1n) is 8.00. The van der Waals surface area contributed by atoms with Gasteiger partial charge in [-0.1, -0.05) is 0 Å². The third-order valence-electron chi connectivity index (χ3n) is 3.73. The number of nitrogens with one attached hydrogen (secondary N) is 1. The number of sulfonamides is 1. The summed E-state index contributed by atoms with van der Waals surface area (Å²) in [4.78, 5) is 9.89. The molecule has 0 saturated heterocycles. The highest BCUT2D eigenvalue weighted by Gasteiger charge is 2.25. The number of anilines is 1. The molecule has 2 aromatic rings. The van der Waals surface area contributed by atoms with Gasteiger partial charge in [0.05, 0.1) is 24.3 Å². The van der Waals surface area contributed by atoms with Crippen LogP contribution >= 0.6 is 0 Å². The molecule has 0 bridgehead atoms. The molecule has 0 heterocycles. The highest BCUT2D eigenvalue weighted by molar-refractivity contribution is 7.92. The fourth-order valence-electron chi connectivity index (χ4n) is 2.35. The Labute approximate surface area is 161 Å². The maximum atomic E-state index is 12.9. The van der Waals surface area contributed by atoms with Crippen LogP contribution in [0.2, 0.25) is 0 Å². The lowest BCUT2D eigenvalue weighted by Gasteiger charge is -2.15. The number of methoxy groups -OCH3 is 2. The molecular formula is C17H20N2O8S. The topological polar surface area (TPSA) is 137 Å². The summed E-state index contributed by atoms with van der Waals surface area (Å²) >= 11 is 0. The van der Waals surface area contributed by atoms with Gasteiger partial charge in [0.1, 0.15) is 28.8 Å².